The van der Waals surface area contributed by atoms with Crippen molar-refractivity contribution >= 4 is 18.2 Å². The average molecular weight is 431 g/mol. The lowest BCUT2D eigenvalue weighted by Gasteiger charge is -2.06. The van der Waals surface area contributed by atoms with Crippen LogP contribution < -0.4 is 0 Å². The van der Waals surface area contributed by atoms with Crippen LogP contribution in [0.25, 0.3) is 0 Å². The predicted octanol–water partition coefficient (Wildman–Crippen LogP) is 7.27. The highest BCUT2D eigenvalue weighted by atomic mass is 35.7. The zero-order valence-electron chi connectivity index (χ0n) is 17.0. The summed E-state index contributed by atoms with van der Waals surface area (Å²) < 4.78 is 19.9. The number of benzene rings is 3. The molecule has 0 atom stereocenters. The van der Waals surface area contributed by atoms with Gasteiger partial charge in [-0.2, -0.15) is 0 Å². The first-order chi connectivity index (χ1) is 14.0. The molecule has 3 nitrogen and oxygen atoms in total. The van der Waals surface area contributed by atoms with E-state index >= 15 is 0 Å². The van der Waals surface area contributed by atoms with E-state index < -0.39 is 6.95 Å². The van der Waals surface area contributed by atoms with Crippen molar-refractivity contribution in [3.05, 3.63) is 107 Å². The third-order valence-electron chi connectivity index (χ3n) is 4.09. The molecule has 154 valence electrons. The van der Waals surface area contributed by atoms with Gasteiger partial charge in [-0.3, -0.25) is 9.05 Å². The van der Waals surface area contributed by atoms with Crippen LogP contribution in [0.4, 0.5) is 0 Å². The molecular formula is C24H28ClO3P. The Labute approximate surface area is 179 Å². The molecule has 0 aliphatic rings. The maximum atomic E-state index is 10.7. The quantitative estimate of drug-likeness (QED) is 0.352. The second kappa shape index (κ2) is 12.6. The normalized spacial score (nSPS) is 10.9. The Morgan fingerprint density at radius 1 is 0.621 bits per heavy atom. The number of hydrogen-bond acceptors (Lipinski definition) is 3. The first kappa shape index (κ1) is 23.4. The molecule has 0 aliphatic carbocycles. The maximum Gasteiger partial charge on any atom is 0.424 e. The van der Waals surface area contributed by atoms with E-state index in [1.54, 1.807) is 13.8 Å². The summed E-state index contributed by atoms with van der Waals surface area (Å²) in [5.74, 6) is 0. The van der Waals surface area contributed by atoms with Gasteiger partial charge in [0.15, 0.2) is 0 Å². The summed E-state index contributed by atoms with van der Waals surface area (Å²) in [4.78, 5) is 0. The summed E-state index contributed by atoms with van der Waals surface area (Å²) in [7, 11) is 0. The molecule has 0 saturated carbocycles. The fourth-order valence-electron chi connectivity index (χ4n) is 2.78. The number of halogens is 1. The molecular weight excluding hydrogens is 403 g/mol. The van der Waals surface area contributed by atoms with E-state index in [9.17, 15) is 4.57 Å². The van der Waals surface area contributed by atoms with Gasteiger partial charge < -0.3 is 0 Å². The van der Waals surface area contributed by atoms with Crippen molar-refractivity contribution in [2.24, 2.45) is 0 Å². The smallest absolute Gasteiger partial charge is 0.297 e. The summed E-state index contributed by atoms with van der Waals surface area (Å²) in [5.41, 5.74) is 5.47. The molecule has 3 rings (SSSR count). The summed E-state index contributed by atoms with van der Waals surface area (Å²) in [6, 6.07) is 30.2. The number of rotatable bonds is 8. The van der Waals surface area contributed by atoms with E-state index in [1.807, 2.05) is 0 Å². The van der Waals surface area contributed by atoms with Crippen molar-refractivity contribution < 1.29 is 13.6 Å². The molecule has 0 bridgehead atoms. The van der Waals surface area contributed by atoms with E-state index in [0.29, 0.717) is 13.2 Å². The molecule has 0 saturated heterocycles. The first-order valence-corrected chi connectivity index (χ1v) is 12.2. The minimum Gasteiger partial charge on any atom is -0.297 e. The van der Waals surface area contributed by atoms with Crippen molar-refractivity contribution in [3.63, 3.8) is 0 Å². The monoisotopic (exact) mass is 430 g/mol. The Hall–Kier alpha value is -1.90. The predicted molar refractivity (Wildman–Crippen MR) is 122 cm³/mol. The molecule has 0 unspecified atom stereocenters. The second-order valence-electron chi connectivity index (χ2n) is 6.41. The van der Waals surface area contributed by atoms with Gasteiger partial charge in [-0.1, -0.05) is 84.9 Å². The molecule has 0 aliphatic heterocycles. The van der Waals surface area contributed by atoms with Crippen LogP contribution in [0.15, 0.2) is 84.9 Å². The Kier molecular flexibility index (Phi) is 10.2. The zero-order chi connectivity index (χ0) is 21.0. The topological polar surface area (TPSA) is 35.5 Å². The molecule has 0 fully saturated rings. The zero-order valence-corrected chi connectivity index (χ0v) is 18.6. The van der Waals surface area contributed by atoms with Crippen molar-refractivity contribution in [2.75, 3.05) is 13.2 Å². The fourth-order valence-corrected chi connectivity index (χ4v) is 4.06. The van der Waals surface area contributed by atoms with Crippen LogP contribution in [0.1, 0.15) is 36.1 Å². The second-order valence-corrected chi connectivity index (χ2v) is 9.03. The SMILES string of the molecule is CCOP(=O)(Cl)OCC.c1ccc(Cc2ccc(Cc3ccccc3)cc2)cc1. The molecule has 29 heavy (non-hydrogen) atoms. The molecule has 0 N–H and O–H groups in total. The van der Waals surface area contributed by atoms with Gasteiger partial charge in [-0.15, -0.1) is 0 Å². The fraction of sp³-hybridized carbons (Fsp3) is 0.250. The third-order valence-corrected chi connectivity index (χ3v) is 5.81. The first-order valence-electron chi connectivity index (χ1n) is 9.77. The highest BCUT2D eigenvalue weighted by Gasteiger charge is 2.17. The van der Waals surface area contributed by atoms with E-state index in [2.05, 4.69) is 94.0 Å². The van der Waals surface area contributed by atoms with E-state index in [0.717, 1.165) is 12.8 Å². The molecule has 0 heterocycles. The minimum absolute atomic E-state index is 0.306. The molecule has 0 aromatic heterocycles. The van der Waals surface area contributed by atoms with Crippen LogP contribution in [0.5, 0.6) is 0 Å². The molecule has 3 aromatic rings. The van der Waals surface area contributed by atoms with Crippen LogP contribution in [0.2, 0.25) is 0 Å². The van der Waals surface area contributed by atoms with Crippen LogP contribution in [-0.4, -0.2) is 13.2 Å². The lowest BCUT2D eigenvalue weighted by atomic mass is 10.0. The van der Waals surface area contributed by atoms with Crippen LogP contribution in [0, 0.1) is 0 Å². The van der Waals surface area contributed by atoms with E-state index in [4.69, 9.17) is 11.2 Å². The van der Waals surface area contributed by atoms with Gasteiger partial charge in [-0.25, -0.2) is 4.57 Å². The largest absolute Gasteiger partial charge is 0.424 e. The van der Waals surface area contributed by atoms with Crippen molar-refractivity contribution in [2.45, 2.75) is 26.7 Å². The van der Waals surface area contributed by atoms with Gasteiger partial charge in [0.2, 0.25) is 0 Å². The van der Waals surface area contributed by atoms with Gasteiger partial charge in [-0.05, 0) is 48.9 Å². The summed E-state index contributed by atoms with van der Waals surface area (Å²) in [5, 5.41) is 0. The lowest BCUT2D eigenvalue weighted by molar-refractivity contribution is 0.235. The highest BCUT2D eigenvalue weighted by molar-refractivity contribution is 7.81. The van der Waals surface area contributed by atoms with Crippen molar-refractivity contribution in [1.82, 2.24) is 0 Å². The summed E-state index contributed by atoms with van der Waals surface area (Å²) >= 11 is 5.25. The lowest BCUT2D eigenvalue weighted by Crippen LogP contribution is -1.91. The van der Waals surface area contributed by atoms with E-state index in [-0.39, 0.29) is 0 Å². The Bertz CT molecular complexity index is 797. The van der Waals surface area contributed by atoms with Crippen molar-refractivity contribution in [3.8, 4) is 0 Å². The minimum atomic E-state index is -3.22. The Morgan fingerprint density at radius 2 is 0.931 bits per heavy atom. The Balaban J connectivity index is 0.000000284. The molecule has 0 spiro atoms. The summed E-state index contributed by atoms with van der Waals surface area (Å²) in [6.07, 6.45) is 2.01. The number of hydrogen-bond donors (Lipinski definition) is 0. The standard InChI is InChI=1S/C20H18.C4H10ClO3P/c1-3-7-17(8-4-1)15-19-11-13-20(14-12-19)16-18-9-5-2-6-10-18;1-3-7-9(5,6)8-4-2/h1-14H,15-16H2;3-4H2,1-2H3. The van der Waals surface area contributed by atoms with Gasteiger partial charge >= 0.3 is 6.95 Å². The van der Waals surface area contributed by atoms with Crippen LogP contribution in [0.3, 0.4) is 0 Å². The Morgan fingerprint density at radius 3 is 1.24 bits per heavy atom. The molecule has 0 radical (unpaired) electrons. The van der Waals surface area contributed by atoms with E-state index in [1.165, 1.54) is 22.3 Å². The van der Waals surface area contributed by atoms with Crippen LogP contribution in [-0.2, 0) is 26.5 Å². The molecule has 5 heteroatoms. The van der Waals surface area contributed by atoms with Crippen molar-refractivity contribution in [1.29, 1.82) is 0 Å². The average Bonchev–Trinajstić information content (AvgIpc) is 2.71. The van der Waals surface area contributed by atoms with Crippen LogP contribution >= 0.6 is 18.2 Å². The summed E-state index contributed by atoms with van der Waals surface area (Å²) in [6.45, 7) is 0.797. The maximum absolute atomic E-state index is 10.7. The molecule has 0 amide bonds. The molecule has 3 aromatic carbocycles. The van der Waals surface area contributed by atoms with Gasteiger partial charge in [0.05, 0.1) is 13.2 Å². The van der Waals surface area contributed by atoms with Gasteiger partial charge in [0.1, 0.15) is 0 Å². The highest BCUT2D eigenvalue weighted by Crippen LogP contribution is 2.53. The van der Waals surface area contributed by atoms with Gasteiger partial charge in [0, 0.05) is 11.2 Å². The third kappa shape index (κ3) is 9.43. The van der Waals surface area contributed by atoms with Gasteiger partial charge in [0.25, 0.3) is 0 Å².